The fourth-order valence-corrected chi connectivity index (χ4v) is 1.73. The lowest BCUT2D eigenvalue weighted by molar-refractivity contribution is -0.00577. The molecule has 3 N–H and O–H groups in total. The summed E-state index contributed by atoms with van der Waals surface area (Å²) in [5.41, 5.74) is 8.16. The van der Waals surface area contributed by atoms with Gasteiger partial charge in [-0.25, -0.2) is 8.78 Å². The maximum atomic E-state index is 12.3. The molecular formula is C14H14F2N2O. The molecule has 0 bridgehead atoms. The minimum atomic E-state index is -2.78. The Morgan fingerprint density at radius 1 is 1.05 bits per heavy atom. The molecule has 2 rings (SSSR count). The Bertz CT molecular complexity index is 526. The lowest BCUT2D eigenvalue weighted by Gasteiger charge is -2.10. The van der Waals surface area contributed by atoms with Gasteiger partial charge in [0.15, 0.2) is 0 Å². The molecule has 0 amide bonds. The summed E-state index contributed by atoms with van der Waals surface area (Å²) in [5.74, 6) is 0. The summed E-state index contributed by atoms with van der Waals surface area (Å²) in [6.07, 6.45) is -2.84. The molecule has 5 heteroatoms. The van der Waals surface area contributed by atoms with Crippen molar-refractivity contribution in [1.29, 1.82) is 0 Å². The number of nitrogens with zero attached hydrogens (tertiary/aromatic N) is 1. The summed E-state index contributed by atoms with van der Waals surface area (Å²) in [6.45, 7) is 0.375. The first-order chi connectivity index (χ1) is 9.11. The number of benzene rings is 1. The zero-order chi connectivity index (χ0) is 13.8. The van der Waals surface area contributed by atoms with Crippen LogP contribution in [-0.2, 0) is 6.54 Å². The molecule has 0 aliphatic heterocycles. The molecule has 0 aliphatic carbocycles. The Balaban J connectivity index is 2.22. The third-order valence-corrected chi connectivity index (χ3v) is 2.86. The number of pyridine rings is 1. The average Bonchev–Trinajstić information content (AvgIpc) is 2.46. The van der Waals surface area contributed by atoms with Gasteiger partial charge in [-0.3, -0.25) is 4.98 Å². The third-order valence-electron chi connectivity index (χ3n) is 2.86. The molecule has 0 fully saturated rings. The van der Waals surface area contributed by atoms with Gasteiger partial charge in [0, 0.05) is 18.3 Å². The predicted molar refractivity (Wildman–Crippen MR) is 68.5 cm³/mol. The van der Waals surface area contributed by atoms with Gasteiger partial charge in [-0.05, 0) is 17.2 Å². The molecule has 1 aromatic heterocycles. The van der Waals surface area contributed by atoms with Crippen molar-refractivity contribution < 1.29 is 13.9 Å². The van der Waals surface area contributed by atoms with Crippen molar-refractivity contribution in [2.75, 3.05) is 0 Å². The number of alkyl halides is 2. The van der Waals surface area contributed by atoms with Crippen LogP contribution in [0.15, 0.2) is 42.6 Å². The van der Waals surface area contributed by atoms with Crippen molar-refractivity contribution in [2.45, 2.75) is 19.1 Å². The summed E-state index contributed by atoms with van der Waals surface area (Å²) < 4.78 is 24.7. The van der Waals surface area contributed by atoms with Gasteiger partial charge in [0.2, 0.25) is 0 Å². The standard InChI is InChI=1S/C14H14F2N2O/c15-14(16)13(19)10-3-1-9(2-4-10)11-5-6-12(7-17)18-8-11/h1-6,8,13-14,19H,7,17H2. The highest BCUT2D eigenvalue weighted by atomic mass is 19.3. The third kappa shape index (κ3) is 3.13. The summed E-state index contributed by atoms with van der Waals surface area (Å²) in [5, 5.41) is 9.25. The van der Waals surface area contributed by atoms with Crippen LogP contribution in [0.3, 0.4) is 0 Å². The van der Waals surface area contributed by atoms with Gasteiger partial charge in [-0.2, -0.15) is 0 Å². The van der Waals surface area contributed by atoms with Crippen LogP contribution in [0.5, 0.6) is 0 Å². The van der Waals surface area contributed by atoms with Gasteiger partial charge in [-0.1, -0.05) is 30.3 Å². The van der Waals surface area contributed by atoms with Crippen molar-refractivity contribution in [3.05, 3.63) is 53.9 Å². The molecule has 0 spiro atoms. The maximum Gasteiger partial charge on any atom is 0.268 e. The first-order valence-electron chi connectivity index (χ1n) is 5.83. The molecule has 1 aromatic carbocycles. The molecule has 1 heterocycles. The number of hydrogen-bond acceptors (Lipinski definition) is 3. The molecule has 1 atom stereocenters. The number of aliphatic hydroxyl groups excluding tert-OH is 1. The Hall–Kier alpha value is -1.85. The van der Waals surface area contributed by atoms with E-state index in [1.807, 2.05) is 12.1 Å². The van der Waals surface area contributed by atoms with Crippen LogP contribution < -0.4 is 5.73 Å². The van der Waals surface area contributed by atoms with E-state index in [0.717, 1.165) is 16.8 Å². The lowest BCUT2D eigenvalue weighted by atomic mass is 10.0. The number of aliphatic hydroxyl groups is 1. The summed E-state index contributed by atoms with van der Waals surface area (Å²) in [7, 11) is 0. The summed E-state index contributed by atoms with van der Waals surface area (Å²) in [6, 6.07) is 10.0. The van der Waals surface area contributed by atoms with Gasteiger partial charge in [0.05, 0.1) is 5.69 Å². The second kappa shape index (κ2) is 5.86. The first-order valence-corrected chi connectivity index (χ1v) is 5.83. The van der Waals surface area contributed by atoms with Crippen LogP contribution in [0.2, 0.25) is 0 Å². The zero-order valence-electron chi connectivity index (χ0n) is 10.1. The smallest absolute Gasteiger partial charge is 0.268 e. The molecule has 0 saturated carbocycles. The second-order valence-electron chi connectivity index (χ2n) is 4.14. The molecule has 0 aliphatic rings. The van der Waals surface area contributed by atoms with Gasteiger partial charge >= 0.3 is 0 Å². The largest absolute Gasteiger partial charge is 0.382 e. The van der Waals surface area contributed by atoms with E-state index in [1.165, 1.54) is 12.1 Å². The average molecular weight is 264 g/mol. The molecule has 19 heavy (non-hydrogen) atoms. The summed E-state index contributed by atoms with van der Waals surface area (Å²) >= 11 is 0. The monoisotopic (exact) mass is 264 g/mol. The Labute approximate surface area is 109 Å². The van der Waals surface area contributed by atoms with E-state index in [1.54, 1.807) is 18.3 Å². The fourth-order valence-electron chi connectivity index (χ4n) is 1.73. The SMILES string of the molecule is NCc1ccc(-c2ccc(C(O)C(F)F)cc2)cn1. The highest BCUT2D eigenvalue weighted by Crippen LogP contribution is 2.24. The zero-order valence-corrected chi connectivity index (χ0v) is 10.1. The highest BCUT2D eigenvalue weighted by molar-refractivity contribution is 5.62. The van der Waals surface area contributed by atoms with E-state index < -0.39 is 12.5 Å². The van der Waals surface area contributed by atoms with Crippen LogP contribution in [0, 0.1) is 0 Å². The molecule has 100 valence electrons. The predicted octanol–water partition coefficient (Wildman–Crippen LogP) is 2.51. The van der Waals surface area contributed by atoms with E-state index in [9.17, 15) is 13.9 Å². The molecule has 3 nitrogen and oxygen atoms in total. The van der Waals surface area contributed by atoms with E-state index in [2.05, 4.69) is 4.98 Å². The molecule has 2 aromatic rings. The number of nitrogens with two attached hydrogens (primary N) is 1. The lowest BCUT2D eigenvalue weighted by Crippen LogP contribution is -2.07. The molecule has 0 saturated heterocycles. The summed E-state index contributed by atoms with van der Waals surface area (Å²) in [4.78, 5) is 4.16. The number of halogens is 2. The van der Waals surface area contributed by atoms with Gasteiger partial charge < -0.3 is 10.8 Å². The normalized spacial score (nSPS) is 12.7. The quantitative estimate of drug-likeness (QED) is 0.892. The van der Waals surface area contributed by atoms with Crippen LogP contribution in [0.1, 0.15) is 17.4 Å². The molecular weight excluding hydrogens is 250 g/mol. The first kappa shape index (κ1) is 13.6. The Kier molecular flexibility index (Phi) is 4.19. The number of rotatable bonds is 4. The topological polar surface area (TPSA) is 59.1 Å². The van der Waals surface area contributed by atoms with Crippen molar-refractivity contribution in [2.24, 2.45) is 5.73 Å². The fraction of sp³-hybridized carbons (Fsp3) is 0.214. The van der Waals surface area contributed by atoms with Crippen LogP contribution in [0.25, 0.3) is 11.1 Å². The second-order valence-corrected chi connectivity index (χ2v) is 4.14. The molecule has 0 radical (unpaired) electrons. The molecule has 1 unspecified atom stereocenters. The van der Waals surface area contributed by atoms with Crippen LogP contribution in [0.4, 0.5) is 8.78 Å². The van der Waals surface area contributed by atoms with Crippen molar-refractivity contribution in [1.82, 2.24) is 4.98 Å². The van der Waals surface area contributed by atoms with Crippen molar-refractivity contribution >= 4 is 0 Å². The highest BCUT2D eigenvalue weighted by Gasteiger charge is 2.18. The number of aromatic nitrogens is 1. The van der Waals surface area contributed by atoms with Gasteiger partial charge in [-0.15, -0.1) is 0 Å². The van der Waals surface area contributed by atoms with E-state index >= 15 is 0 Å². The van der Waals surface area contributed by atoms with E-state index in [4.69, 9.17) is 5.73 Å². The van der Waals surface area contributed by atoms with Crippen molar-refractivity contribution in [3.8, 4) is 11.1 Å². The van der Waals surface area contributed by atoms with Crippen LogP contribution >= 0.6 is 0 Å². The Morgan fingerprint density at radius 2 is 1.68 bits per heavy atom. The van der Waals surface area contributed by atoms with Gasteiger partial charge in [0.25, 0.3) is 6.43 Å². The van der Waals surface area contributed by atoms with Crippen molar-refractivity contribution in [3.63, 3.8) is 0 Å². The maximum absolute atomic E-state index is 12.3. The van der Waals surface area contributed by atoms with E-state index in [-0.39, 0.29) is 5.56 Å². The minimum Gasteiger partial charge on any atom is -0.382 e. The number of hydrogen-bond donors (Lipinski definition) is 2. The Morgan fingerprint density at radius 3 is 2.16 bits per heavy atom. The van der Waals surface area contributed by atoms with E-state index in [0.29, 0.717) is 6.54 Å². The van der Waals surface area contributed by atoms with Crippen LogP contribution in [-0.4, -0.2) is 16.5 Å². The van der Waals surface area contributed by atoms with Gasteiger partial charge in [0.1, 0.15) is 6.10 Å². The minimum absolute atomic E-state index is 0.199.